The van der Waals surface area contributed by atoms with Gasteiger partial charge in [0.2, 0.25) is 11.9 Å². The monoisotopic (exact) mass is 554 g/mol. The molecule has 1 saturated carbocycles. The van der Waals surface area contributed by atoms with Crippen molar-refractivity contribution in [2.24, 2.45) is 0 Å². The molecule has 0 spiro atoms. The van der Waals surface area contributed by atoms with Gasteiger partial charge in [0.25, 0.3) is 0 Å². The van der Waals surface area contributed by atoms with Crippen molar-refractivity contribution in [3.8, 4) is 0 Å². The van der Waals surface area contributed by atoms with Crippen LogP contribution in [0.25, 0.3) is 11.2 Å². The van der Waals surface area contributed by atoms with Crippen molar-refractivity contribution in [3.05, 3.63) is 36.0 Å². The minimum absolute atomic E-state index is 0.0586. The second-order valence-corrected chi connectivity index (χ2v) is 10.1. The lowest BCUT2D eigenvalue weighted by Crippen LogP contribution is -2.27. The Bertz CT molecular complexity index is 1080. The molecule has 170 valence electrons. The maximum atomic E-state index is 14.3. The Morgan fingerprint density at radius 2 is 1.72 bits per heavy atom. The highest BCUT2D eigenvalue weighted by atomic mass is 127. The number of anilines is 3. The number of alkyl halides is 1. The van der Waals surface area contributed by atoms with Crippen molar-refractivity contribution in [2.45, 2.75) is 54.5 Å². The van der Waals surface area contributed by atoms with Crippen LogP contribution < -0.4 is 10.6 Å². The van der Waals surface area contributed by atoms with Crippen LogP contribution in [0.5, 0.6) is 0 Å². The number of para-hydroxylation sites is 1. The average molecular weight is 554 g/mol. The summed E-state index contributed by atoms with van der Waals surface area (Å²) in [5, 5.41) is 6.34. The molecule has 0 radical (unpaired) electrons. The highest BCUT2D eigenvalue weighted by Gasteiger charge is 2.25. The van der Waals surface area contributed by atoms with Crippen LogP contribution in [0.4, 0.5) is 26.4 Å². The molecule has 2 fully saturated rings. The van der Waals surface area contributed by atoms with Gasteiger partial charge in [0.1, 0.15) is 22.8 Å². The molecule has 2 aliphatic rings. The maximum absolute atomic E-state index is 14.3. The van der Waals surface area contributed by atoms with Crippen LogP contribution in [0.1, 0.15) is 44.6 Å². The summed E-state index contributed by atoms with van der Waals surface area (Å²) in [6.45, 7) is 1.24. The summed E-state index contributed by atoms with van der Waals surface area (Å²) in [5.41, 5.74) is 1.01. The molecule has 3 heterocycles. The molecule has 0 amide bonds. The Hall–Kier alpha value is -2.08. The molecule has 1 aliphatic carbocycles. The smallest absolute Gasteiger partial charge is 0.224 e. The first-order chi connectivity index (χ1) is 15.6. The maximum Gasteiger partial charge on any atom is 0.224 e. The number of ether oxygens (including phenoxy) is 1. The van der Waals surface area contributed by atoms with Gasteiger partial charge in [0, 0.05) is 29.2 Å². The summed E-state index contributed by atoms with van der Waals surface area (Å²) >= 11 is 2.51. The first kappa shape index (κ1) is 21.7. The number of imidazole rings is 1. The summed E-state index contributed by atoms with van der Waals surface area (Å²) in [4.78, 5) is 13.8. The first-order valence-electron chi connectivity index (χ1n) is 11.0. The number of hydrogen-bond donors (Lipinski definition) is 2. The lowest BCUT2D eigenvalue weighted by Gasteiger charge is -2.26. The number of aromatic nitrogens is 4. The summed E-state index contributed by atoms with van der Waals surface area (Å²) in [7, 11) is 0. The van der Waals surface area contributed by atoms with Crippen molar-refractivity contribution < 1.29 is 13.5 Å². The topological polar surface area (TPSA) is 76.9 Å². The fraction of sp³-hybridized carbons (Fsp3) is 0.500. The summed E-state index contributed by atoms with van der Waals surface area (Å²) in [5.74, 6) is -0.427. The summed E-state index contributed by atoms with van der Waals surface area (Å²) in [6.07, 6.45) is 7.76. The molecular weight excluding hydrogens is 529 g/mol. The molecule has 5 rings (SSSR count). The number of nitrogens with zero attached hydrogens (tertiary/aromatic N) is 4. The zero-order chi connectivity index (χ0) is 22.1. The Morgan fingerprint density at radius 3 is 2.44 bits per heavy atom. The quantitative estimate of drug-likeness (QED) is 0.327. The lowest BCUT2D eigenvalue weighted by atomic mass is 9.96. The fourth-order valence-electron chi connectivity index (χ4n) is 4.45. The van der Waals surface area contributed by atoms with Gasteiger partial charge < -0.3 is 15.4 Å². The van der Waals surface area contributed by atoms with Gasteiger partial charge in [-0.25, -0.2) is 18.7 Å². The number of benzene rings is 1. The van der Waals surface area contributed by atoms with Crippen LogP contribution in [0.15, 0.2) is 24.4 Å². The van der Waals surface area contributed by atoms with E-state index < -0.39 is 11.6 Å². The summed E-state index contributed by atoms with van der Waals surface area (Å²) < 4.78 is 36.8. The van der Waals surface area contributed by atoms with Gasteiger partial charge in [0.15, 0.2) is 5.65 Å². The fourth-order valence-corrected chi connectivity index (χ4v) is 5.17. The van der Waals surface area contributed by atoms with Crippen molar-refractivity contribution in [1.29, 1.82) is 0 Å². The second kappa shape index (κ2) is 9.42. The standard InChI is InChI=1S/C22H25F2IN6O/c23-16-2-1-3-17(24)19(16)29-22-28-18-12-26-21(27-14-6-4-13(25)5-7-14)30-20(18)31(22)15-8-10-32-11-9-15/h1-3,12-15H,4-11H2,(H,28,29)(H,26,27,30). The Balaban J connectivity index is 1.51. The van der Waals surface area contributed by atoms with E-state index >= 15 is 0 Å². The molecule has 1 saturated heterocycles. The van der Waals surface area contributed by atoms with E-state index in [0.717, 1.165) is 29.6 Å². The number of fused-ring (bicyclic) bond motifs is 1. The van der Waals surface area contributed by atoms with E-state index in [4.69, 9.17) is 9.72 Å². The van der Waals surface area contributed by atoms with Crippen molar-refractivity contribution >= 4 is 51.3 Å². The van der Waals surface area contributed by atoms with Crippen LogP contribution in [0.3, 0.4) is 0 Å². The Labute approximate surface area is 198 Å². The van der Waals surface area contributed by atoms with Crippen molar-refractivity contribution in [2.75, 3.05) is 23.8 Å². The third-order valence-electron chi connectivity index (χ3n) is 6.18. The van der Waals surface area contributed by atoms with Crippen LogP contribution >= 0.6 is 22.6 Å². The minimum atomic E-state index is -0.671. The number of rotatable bonds is 5. The van der Waals surface area contributed by atoms with E-state index in [1.165, 1.54) is 31.0 Å². The molecule has 0 unspecified atom stereocenters. The van der Waals surface area contributed by atoms with Gasteiger partial charge in [-0.1, -0.05) is 28.7 Å². The molecule has 10 heteroatoms. The van der Waals surface area contributed by atoms with Crippen LogP contribution in [0, 0.1) is 11.6 Å². The molecule has 1 aliphatic heterocycles. The zero-order valence-corrected chi connectivity index (χ0v) is 19.7. The van der Waals surface area contributed by atoms with E-state index in [-0.39, 0.29) is 11.7 Å². The van der Waals surface area contributed by atoms with E-state index in [0.29, 0.717) is 42.3 Å². The lowest BCUT2D eigenvalue weighted by molar-refractivity contribution is 0.0710. The Morgan fingerprint density at radius 1 is 1.00 bits per heavy atom. The normalized spacial score (nSPS) is 22.2. The predicted molar refractivity (Wildman–Crippen MR) is 128 cm³/mol. The molecule has 32 heavy (non-hydrogen) atoms. The molecule has 2 aromatic heterocycles. The molecule has 3 aromatic rings. The minimum Gasteiger partial charge on any atom is -0.381 e. The SMILES string of the molecule is Fc1cccc(F)c1Nc1nc2cnc(NC3CCC(I)CC3)nc2n1C1CCOCC1. The van der Waals surface area contributed by atoms with E-state index in [1.807, 2.05) is 4.57 Å². The van der Waals surface area contributed by atoms with Gasteiger partial charge in [-0.15, -0.1) is 0 Å². The van der Waals surface area contributed by atoms with Gasteiger partial charge >= 0.3 is 0 Å². The molecule has 0 bridgehead atoms. The van der Waals surface area contributed by atoms with Crippen LogP contribution in [-0.2, 0) is 4.74 Å². The van der Waals surface area contributed by atoms with Crippen LogP contribution in [0.2, 0.25) is 0 Å². The zero-order valence-electron chi connectivity index (χ0n) is 17.5. The highest BCUT2D eigenvalue weighted by molar-refractivity contribution is 14.1. The largest absolute Gasteiger partial charge is 0.381 e. The molecular formula is C22H25F2IN6O. The summed E-state index contributed by atoms with van der Waals surface area (Å²) in [6, 6.07) is 4.19. The molecule has 7 nitrogen and oxygen atoms in total. The van der Waals surface area contributed by atoms with Crippen molar-refractivity contribution in [3.63, 3.8) is 0 Å². The number of halogens is 3. The van der Waals surface area contributed by atoms with E-state index in [9.17, 15) is 8.78 Å². The highest BCUT2D eigenvalue weighted by Crippen LogP contribution is 2.33. The van der Waals surface area contributed by atoms with E-state index in [2.05, 4.69) is 43.2 Å². The predicted octanol–water partition coefficient (Wildman–Crippen LogP) is 5.36. The second-order valence-electron chi connectivity index (χ2n) is 8.37. The molecule has 0 atom stereocenters. The number of nitrogens with one attached hydrogen (secondary N) is 2. The third kappa shape index (κ3) is 4.52. The van der Waals surface area contributed by atoms with Crippen LogP contribution in [-0.4, -0.2) is 42.7 Å². The molecule has 1 aromatic carbocycles. The Kier molecular flexibility index (Phi) is 6.40. The third-order valence-corrected chi connectivity index (χ3v) is 7.42. The van der Waals surface area contributed by atoms with Gasteiger partial charge in [-0.05, 0) is 50.7 Å². The van der Waals surface area contributed by atoms with E-state index in [1.54, 1.807) is 6.20 Å². The van der Waals surface area contributed by atoms with Crippen molar-refractivity contribution in [1.82, 2.24) is 19.5 Å². The molecule has 2 N–H and O–H groups in total. The van der Waals surface area contributed by atoms with Gasteiger partial charge in [0.05, 0.1) is 6.20 Å². The first-order valence-corrected chi connectivity index (χ1v) is 12.3. The number of hydrogen-bond acceptors (Lipinski definition) is 6. The average Bonchev–Trinajstić information content (AvgIpc) is 3.16. The van der Waals surface area contributed by atoms with Gasteiger partial charge in [-0.3, -0.25) is 4.57 Å². The van der Waals surface area contributed by atoms with Gasteiger partial charge in [-0.2, -0.15) is 4.98 Å².